The maximum Gasteiger partial charge on any atom is 0.0906 e. The standard InChI is InChI=1S/C20H35N/c1-2-7-16(8-3-1)15-21-14-6-11-19-18-10-5-4-9-17(18)12-13-20(19)21/h16-20H,1-15H2/p+1. The minimum absolute atomic E-state index is 1.07. The molecule has 0 radical (unpaired) electrons. The van der Waals surface area contributed by atoms with Crippen LogP contribution in [0.5, 0.6) is 0 Å². The van der Waals surface area contributed by atoms with Crippen LogP contribution in [0.25, 0.3) is 0 Å². The van der Waals surface area contributed by atoms with E-state index >= 15 is 0 Å². The lowest BCUT2D eigenvalue weighted by Gasteiger charge is -2.50. The lowest BCUT2D eigenvalue weighted by Crippen LogP contribution is -3.18. The van der Waals surface area contributed by atoms with E-state index in [1.54, 1.807) is 57.9 Å². The summed E-state index contributed by atoms with van der Waals surface area (Å²) in [5, 5.41) is 0. The van der Waals surface area contributed by atoms with Crippen LogP contribution in [0.4, 0.5) is 0 Å². The van der Waals surface area contributed by atoms with Crippen LogP contribution in [0.3, 0.4) is 0 Å². The van der Waals surface area contributed by atoms with Crippen LogP contribution in [-0.2, 0) is 0 Å². The lowest BCUT2D eigenvalue weighted by molar-refractivity contribution is -0.940. The van der Waals surface area contributed by atoms with Crippen LogP contribution in [0.15, 0.2) is 0 Å². The molecule has 5 unspecified atom stereocenters. The molecule has 0 aromatic heterocycles. The number of rotatable bonds is 2. The molecule has 1 saturated heterocycles. The monoisotopic (exact) mass is 290 g/mol. The van der Waals surface area contributed by atoms with Crippen molar-refractivity contribution in [3.05, 3.63) is 0 Å². The average Bonchev–Trinajstić information content (AvgIpc) is 2.56. The third kappa shape index (κ3) is 3.05. The highest BCUT2D eigenvalue weighted by molar-refractivity contribution is 4.91. The van der Waals surface area contributed by atoms with Crippen molar-refractivity contribution in [3.8, 4) is 0 Å². The maximum absolute atomic E-state index is 2.06. The zero-order valence-corrected chi connectivity index (χ0v) is 14.0. The van der Waals surface area contributed by atoms with Crippen LogP contribution in [0, 0.1) is 23.7 Å². The first kappa shape index (κ1) is 14.5. The summed E-state index contributed by atoms with van der Waals surface area (Å²) in [5.41, 5.74) is 0. The van der Waals surface area contributed by atoms with Crippen molar-refractivity contribution in [1.29, 1.82) is 0 Å². The predicted molar refractivity (Wildman–Crippen MR) is 88.5 cm³/mol. The number of hydrogen-bond acceptors (Lipinski definition) is 0. The summed E-state index contributed by atoms with van der Waals surface area (Å²) < 4.78 is 0. The Hall–Kier alpha value is -0.0400. The fourth-order valence-electron chi connectivity index (χ4n) is 6.75. The molecule has 0 bridgehead atoms. The first-order valence-electron chi connectivity index (χ1n) is 10.3. The topological polar surface area (TPSA) is 4.44 Å². The summed E-state index contributed by atoms with van der Waals surface area (Å²) >= 11 is 0. The Morgan fingerprint density at radius 3 is 2.29 bits per heavy atom. The molecular weight excluding hydrogens is 254 g/mol. The van der Waals surface area contributed by atoms with Crippen molar-refractivity contribution >= 4 is 0 Å². The highest BCUT2D eigenvalue weighted by Crippen LogP contribution is 2.45. The Morgan fingerprint density at radius 1 is 0.619 bits per heavy atom. The molecular formula is C20H36N+. The van der Waals surface area contributed by atoms with Gasteiger partial charge < -0.3 is 4.90 Å². The maximum atomic E-state index is 2.06. The van der Waals surface area contributed by atoms with Gasteiger partial charge in [-0.2, -0.15) is 0 Å². The molecule has 4 aliphatic rings. The Bertz CT molecular complexity index is 333. The fraction of sp³-hybridized carbons (Fsp3) is 1.00. The van der Waals surface area contributed by atoms with E-state index < -0.39 is 0 Å². The zero-order chi connectivity index (χ0) is 14.1. The van der Waals surface area contributed by atoms with E-state index in [1.165, 1.54) is 38.6 Å². The van der Waals surface area contributed by atoms with Gasteiger partial charge in [-0.1, -0.05) is 38.5 Å². The van der Waals surface area contributed by atoms with Gasteiger partial charge in [-0.05, 0) is 56.8 Å². The fourth-order valence-corrected chi connectivity index (χ4v) is 6.75. The third-order valence-electron chi connectivity index (χ3n) is 7.72. The zero-order valence-electron chi connectivity index (χ0n) is 14.0. The third-order valence-corrected chi connectivity index (χ3v) is 7.72. The van der Waals surface area contributed by atoms with Gasteiger partial charge in [0.2, 0.25) is 0 Å². The van der Waals surface area contributed by atoms with Gasteiger partial charge in [0, 0.05) is 11.8 Å². The molecule has 0 spiro atoms. The quantitative estimate of drug-likeness (QED) is 0.788. The van der Waals surface area contributed by atoms with Crippen molar-refractivity contribution in [3.63, 3.8) is 0 Å². The van der Waals surface area contributed by atoms with Crippen LogP contribution in [-0.4, -0.2) is 19.1 Å². The van der Waals surface area contributed by atoms with Gasteiger partial charge in [0.25, 0.3) is 0 Å². The normalized spacial score (nSPS) is 44.9. The van der Waals surface area contributed by atoms with E-state index in [0.29, 0.717) is 0 Å². The summed E-state index contributed by atoms with van der Waals surface area (Å²) in [6.07, 6.45) is 20.2. The molecule has 1 heterocycles. The molecule has 0 aromatic rings. The summed E-state index contributed by atoms with van der Waals surface area (Å²) in [4.78, 5) is 2.06. The van der Waals surface area contributed by atoms with Crippen molar-refractivity contribution < 1.29 is 4.90 Å². The SMILES string of the molecule is C1CCC(C[NH+]2CCCC3C4CCCCC4CCC32)CC1. The smallest absolute Gasteiger partial charge is 0.0906 e. The molecule has 4 fully saturated rings. The molecule has 120 valence electrons. The van der Waals surface area contributed by atoms with E-state index in [0.717, 1.165) is 29.7 Å². The van der Waals surface area contributed by atoms with E-state index in [-0.39, 0.29) is 0 Å². The second kappa shape index (κ2) is 6.60. The molecule has 1 aliphatic heterocycles. The number of nitrogens with one attached hydrogen (secondary N) is 1. The van der Waals surface area contributed by atoms with Crippen LogP contribution in [0.2, 0.25) is 0 Å². The van der Waals surface area contributed by atoms with Crippen molar-refractivity contribution in [1.82, 2.24) is 0 Å². The van der Waals surface area contributed by atoms with E-state index in [1.807, 2.05) is 0 Å². The Balaban J connectivity index is 1.41. The van der Waals surface area contributed by atoms with Crippen molar-refractivity contribution in [2.24, 2.45) is 23.7 Å². The number of quaternary nitrogens is 1. The van der Waals surface area contributed by atoms with E-state index in [2.05, 4.69) is 4.90 Å². The molecule has 1 nitrogen and oxygen atoms in total. The minimum atomic E-state index is 1.07. The summed E-state index contributed by atoms with van der Waals surface area (Å²) in [6.45, 7) is 3.05. The summed E-state index contributed by atoms with van der Waals surface area (Å²) in [5.74, 6) is 4.47. The van der Waals surface area contributed by atoms with Gasteiger partial charge in [0.15, 0.2) is 0 Å². The second-order valence-electron chi connectivity index (χ2n) is 8.81. The molecule has 1 heteroatoms. The average molecular weight is 291 g/mol. The van der Waals surface area contributed by atoms with E-state index in [9.17, 15) is 0 Å². The second-order valence-corrected chi connectivity index (χ2v) is 8.81. The van der Waals surface area contributed by atoms with Crippen molar-refractivity contribution in [2.45, 2.75) is 89.5 Å². The molecule has 3 aliphatic carbocycles. The Kier molecular flexibility index (Phi) is 4.57. The molecule has 0 aromatic carbocycles. The van der Waals surface area contributed by atoms with Crippen molar-refractivity contribution in [2.75, 3.05) is 13.1 Å². The number of hydrogen-bond donors (Lipinski definition) is 1. The van der Waals surface area contributed by atoms with Gasteiger partial charge in [-0.3, -0.25) is 0 Å². The van der Waals surface area contributed by atoms with Gasteiger partial charge in [0.1, 0.15) is 0 Å². The molecule has 4 rings (SSSR count). The molecule has 5 atom stereocenters. The van der Waals surface area contributed by atoms with Gasteiger partial charge in [-0.25, -0.2) is 0 Å². The number of likely N-dealkylation sites (tertiary alicyclic amines) is 1. The Morgan fingerprint density at radius 2 is 1.38 bits per heavy atom. The largest absolute Gasteiger partial charge is 0.332 e. The first-order chi connectivity index (χ1) is 10.4. The number of piperidine rings is 1. The molecule has 0 amide bonds. The first-order valence-corrected chi connectivity index (χ1v) is 10.3. The Labute approximate surface area is 131 Å². The predicted octanol–water partition coefficient (Wildman–Crippen LogP) is 3.83. The van der Waals surface area contributed by atoms with Gasteiger partial charge >= 0.3 is 0 Å². The highest BCUT2D eigenvalue weighted by Gasteiger charge is 2.46. The molecule has 3 saturated carbocycles. The lowest BCUT2D eigenvalue weighted by atomic mass is 9.61. The molecule has 1 N–H and O–H groups in total. The molecule has 21 heavy (non-hydrogen) atoms. The van der Waals surface area contributed by atoms with Gasteiger partial charge in [-0.15, -0.1) is 0 Å². The van der Waals surface area contributed by atoms with Crippen LogP contribution < -0.4 is 4.90 Å². The van der Waals surface area contributed by atoms with E-state index in [4.69, 9.17) is 0 Å². The summed E-state index contributed by atoms with van der Waals surface area (Å²) in [7, 11) is 0. The van der Waals surface area contributed by atoms with Crippen LogP contribution in [0.1, 0.15) is 83.5 Å². The minimum Gasteiger partial charge on any atom is -0.332 e. The number of fused-ring (bicyclic) bond motifs is 3. The van der Waals surface area contributed by atoms with Crippen LogP contribution >= 0.6 is 0 Å². The van der Waals surface area contributed by atoms with Gasteiger partial charge in [0.05, 0.1) is 19.1 Å². The summed E-state index contributed by atoms with van der Waals surface area (Å²) in [6, 6.07) is 1.07. The highest BCUT2D eigenvalue weighted by atomic mass is 15.2.